The van der Waals surface area contributed by atoms with E-state index in [2.05, 4.69) is 20.2 Å². The van der Waals surface area contributed by atoms with Crippen LogP contribution in [0.3, 0.4) is 0 Å². The minimum absolute atomic E-state index is 0.0964. The highest BCUT2D eigenvalue weighted by Gasteiger charge is 2.26. The molecule has 1 aromatic carbocycles. The minimum Gasteiger partial charge on any atom is -0.366 e. The van der Waals surface area contributed by atoms with Crippen molar-refractivity contribution in [1.82, 2.24) is 20.0 Å². The molecule has 2 fully saturated rings. The Labute approximate surface area is 168 Å². The number of hydrogen-bond acceptors (Lipinski definition) is 5. The number of rotatable bonds is 6. The first-order chi connectivity index (χ1) is 13.6. The molecule has 1 aromatic heterocycles. The van der Waals surface area contributed by atoms with E-state index in [1.807, 2.05) is 30.3 Å². The average Bonchev–Trinajstić information content (AvgIpc) is 3.51. The molecule has 0 bridgehead atoms. The molecular formula is C20H24ClN5O2. The molecule has 0 atom stereocenters. The summed E-state index contributed by atoms with van der Waals surface area (Å²) in [6.45, 7) is 3.74. The molecular weight excluding hydrogens is 378 g/mol. The zero-order chi connectivity index (χ0) is 19.5. The number of carbonyl (C=O) groups is 1. The van der Waals surface area contributed by atoms with E-state index >= 15 is 0 Å². The van der Waals surface area contributed by atoms with Gasteiger partial charge in [0.25, 0.3) is 5.56 Å². The van der Waals surface area contributed by atoms with Crippen LogP contribution in [0.25, 0.3) is 0 Å². The third-order valence-electron chi connectivity index (χ3n) is 5.16. The molecule has 1 aliphatic heterocycles. The number of benzene rings is 1. The van der Waals surface area contributed by atoms with Crippen LogP contribution in [0.2, 0.25) is 5.02 Å². The SMILES string of the molecule is O=C(CN1CCN(c2cnn(Cc3ccccc3)c(=O)c2Cl)CC1)NC1CC1. The molecule has 1 aliphatic carbocycles. The summed E-state index contributed by atoms with van der Waals surface area (Å²) in [5, 5.41) is 7.53. The number of anilines is 1. The first-order valence-electron chi connectivity index (χ1n) is 9.66. The predicted molar refractivity (Wildman–Crippen MR) is 109 cm³/mol. The van der Waals surface area contributed by atoms with E-state index in [4.69, 9.17) is 11.6 Å². The van der Waals surface area contributed by atoms with Crippen molar-refractivity contribution in [1.29, 1.82) is 0 Å². The van der Waals surface area contributed by atoms with E-state index in [1.54, 1.807) is 6.20 Å². The molecule has 7 nitrogen and oxygen atoms in total. The van der Waals surface area contributed by atoms with Crippen molar-refractivity contribution in [2.24, 2.45) is 0 Å². The van der Waals surface area contributed by atoms with E-state index < -0.39 is 0 Å². The summed E-state index contributed by atoms with van der Waals surface area (Å²) >= 11 is 6.39. The van der Waals surface area contributed by atoms with Crippen LogP contribution in [0.15, 0.2) is 41.3 Å². The fourth-order valence-corrected chi connectivity index (χ4v) is 3.66. The van der Waals surface area contributed by atoms with Crippen molar-refractivity contribution < 1.29 is 4.79 Å². The van der Waals surface area contributed by atoms with E-state index in [0.29, 0.717) is 37.9 Å². The maximum absolute atomic E-state index is 12.6. The highest BCUT2D eigenvalue weighted by atomic mass is 35.5. The Morgan fingerprint density at radius 3 is 2.54 bits per heavy atom. The van der Waals surface area contributed by atoms with Gasteiger partial charge in [-0.25, -0.2) is 4.68 Å². The standard InChI is InChI=1S/C20H24ClN5O2/c21-19-17(12-22-26(20(19)28)13-15-4-2-1-3-5-15)25-10-8-24(9-11-25)14-18(27)23-16-6-7-16/h1-5,12,16H,6-11,13-14H2,(H,23,27). The second-order valence-corrected chi connectivity index (χ2v) is 7.78. The van der Waals surface area contributed by atoms with Crippen LogP contribution in [0.4, 0.5) is 5.69 Å². The maximum Gasteiger partial charge on any atom is 0.287 e. The monoisotopic (exact) mass is 401 g/mol. The number of nitrogens with one attached hydrogen (secondary N) is 1. The number of amides is 1. The molecule has 148 valence electrons. The number of halogens is 1. The largest absolute Gasteiger partial charge is 0.366 e. The second kappa shape index (κ2) is 8.32. The topological polar surface area (TPSA) is 70.5 Å². The number of nitrogens with zero attached hydrogens (tertiary/aromatic N) is 4. The fraction of sp³-hybridized carbons (Fsp3) is 0.450. The van der Waals surface area contributed by atoms with Crippen LogP contribution in [0.1, 0.15) is 18.4 Å². The molecule has 28 heavy (non-hydrogen) atoms. The first kappa shape index (κ1) is 19.0. The third kappa shape index (κ3) is 4.54. The summed E-state index contributed by atoms with van der Waals surface area (Å²) < 4.78 is 1.39. The molecule has 2 aliphatic rings. The van der Waals surface area contributed by atoms with Crippen LogP contribution in [-0.2, 0) is 11.3 Å². The highest BCUT2D eigenvalue weighted by Crippen LogP contribution is 2.22. The van der Waals surface area contributed by atoms with E-state index in [1.165, 1.54) is 4.68 Å². The van der Waals surface area contributed by atoms with Gasteiger partial charge < -0.3 is 10.2 Å². The Bertz CT molecular complexity index is 889. The zero-order valence-electron chi connectivity index (χ0n) is 15.7. The van der Waals surface area contributed by atoms with Gasteiger partial charge in [-0.2, -0.15) is 5.10 Å². The molecule has 1 saturated heterocycles. The summed E-state index contributed by atoms with van der Waals surface area (Å²) in [5.41, 5.74) is 1.38. The van der Waals surface area contributed by atoms with Gasteiger partial charge in [-0.1, -0.05) is 41.9 Å². The highest BCUT2D eigenvalue weighted by molar-refractivity contribution is 6.33. The Kier molecular flexibility index (Phi) is 5.64. The summed E-state index contributed by atoms with van der Waals surface area (Å²) in [5.74, 6) is 0.0964. The van der Waals surface area contributed by atoms with Crippen molar-refractivity contribution in [2.45, 2.75) is 25.4 Å². The van der Waals surface area contributed by atoms with E-state index in [9.17, 15) is 9.59 Å². The fourth-order valence-electron chi connectivity index (χ4n) is 3.40. The van der Waals surface area contributed by atoms with Gasteiger partial charge in [0.15, 0.2) is 0 Å². The molecule has 0 unspecified atom stereocenters. The van der Waals surface area contributed by atoms with Gasteiger partial charge in [0.1, 0.15) is 5.02 Å². The van der Waals surface area contributed by atoms with Crippen molar-refractivity contribution >= 4 is 23.2 Å². The van der Waals surface area contributed by atoms with Crippen molar-refractivity contribution in [3.63, 3.8) is 0 Å². The molecule has 0 radical (unpaired) electrons. The van der Waals surface area contributed by atoms with Crippen LogP contribution < -0.4 is 15.8 Å². The van der Waals surface area contributed by atoms with Crippen LogP contribution in [0, 0.1) is 0 Å². The summed E-state index contributed by atoms with van der Waals surface area (Å²) in [4.78, 5) is 28.8. The van der Waals surface area contributed by atoms with E-state index in [0.717, 1.165) is 31.5 Å². The summed E-state index contributed by atoms with van der Waals surface area (Å²) in [7, 11) is 0. The summed E-state index contributed by atoms with van der Waals surface area (Å²) in [6, 6.07) is 10.1. The van der Waals surface area contributed by atoms with Gasteiger partial charge >= 0.3 is 0 Å². The lowest BCUT2D eigenvalue weighted by Crippen LogP contribution is -2.50. The Balaban J connectivity index is 1.37. The van der Waals surface area contributed by atoms with Gasteiger partial charge in [-0.05, 0) is 18.4 Å². The van der Waals surface area contributed by atoms with Crippen molar-refractivity contribution in [2.75, 3.05) is 37.6 Å². The first-order valence-corrected chi connectivity index (χ1v) is 10.0. The van der Waals surface area contributed by atoms with Crippen molar-refractivity contribution in [3.8, 4) is 0 Å². The summed E-state index contributed by atoms with van der Waals surface area (Å²) in [6.07, 6.45) is 3.86. The molecule has 1 N–H and O–H groups in total. The average molecular weight is 402 g/mol. The minimum atomic E-state index is -0.283. The van der Waals surface area contributed by atoms with Crippen LogP contribution in [0.5, 0.6) is 0 Å². The number of hydrogen-bond donors (Lipinski definition) is 1. The molecule has 2 heterocycles. The molecule has 1 saturated carbocycles. The Morgan fingerprint density at radius 2 is 1.86 bits per heavy atom. The van der Waals surface area contributed by atoms with Crippen molar-refractivity contribution in [3.05, 3.63) is 57.5 Å². The van der Waals surface area contributed by atoms with Gasteiger partial charge in [0.05, 0.1) is 25.0 Å². The molecule has 2 aromatic rings. The molecule has 1 amide bonds. The number of aromatic nitrogens is 2. The predicted octanol–water partition coefficient (Wildman–Crippen LogP) is 1.35. The lowest BCUT2D eigenvalue weighted by atomic mass is 10.2. The lowest BCUT2D eigenvalue weighted by Gasteiger charge is -2.35. The van der Waals surface area contributed by atoms with Crippen LogP contribution in [-0.4, -0.2) is 59.4 Å². The maximum atomic E-state index is 12.6. The Hall–Kier alpha value is -2.38. The normalized spacial score (nSPS) is 17.5. The number of carbonyl (C=O) groups excluding carboxylic acids is 1. The zero-order valence-corrected chi connectivity index (χ0v) is 16.4. The number of piperazine rings is 1. The third-order valence-corrected chi connectivity index (χ3v) is 5.52. The smallest absolute Gasteiger partial charge is 0.287 e. The van der Waals surface area contributed by atoms with E-state index in [-0.39, 0.29) is 16.5 Å². The quantitative estimate of drug-likeness (QED) is 0.791. The Morgan fingerprint density at radius 1 is 1.14 bits per heavy atom. The van der Waals surface area contributed by atoms with Gasteiger partial charge in [0, 0.05) is 32.2 Å². The molecule has 4 rings (SSSR count). The molecule has 0 spiro atoms. The van der Waals surface area contributed by atoms with Gasteiger partial charge in [-0.15, -0.1) is 0 Å². The van der Waals surface area contributed by atoms with Gasteiger partial charge in [0.2, 0.25) is 5.91 Å². The second-order valence-electron chi connectivity index (χ2n) is 7.40. The van der Waals surface area contributed by atoms with Crippen LogP contribution >= 0.6 is 11.6 Å². The van der Waals surface area contributed by atoms with Gasteiger partial charge in [-0.3, -0.25) is 14.5 Å². The molecule has 8 heteroatoms. The lowest BCUT2D eigenvalue weighted by molar-refractivity contribution is -0.122.